The zero-order valence-corrected chi connectivity index (χ0v) is 13.0. The number of carbonyl (C=O) groups excluding carboxylic acids is 2. The molecule has 0 bridgehead atoms. The lowest BCUT2D eigenvalue weighted by Crippen LogP contribution is -2.13. The zero-order chi connectivity index (χ0) is 15.2. The second-order valence-corrected chi connectivity index (χ2v) is 6.03. The predicted octanol–water partition coefficient (Wildman–Crippen LogP) is 3.62. The van der Waals surface area contributed by atoms with Crippen molar-refractivity contribution in [3.05, 3.63) is 46.5 Å². The van der Waals surface area contributed by atoms with E-state index in [-0.39, 0.29) is 24.5 Å². The maximum atomic E-state index is 12.0. The van der Waals surface area contributed by atoms with Gasteiger partial charge in [-0.1, -0.05) is 31.2 Å². The van der Waals surface area contributed by atoms with Crippen LogP contribution < -0.4 is 5.32 Å². The molecular formula is C16H18N2O2S. The van der Waals surface area contributed by atoms with Gasteiger partial charge in [0.25, 0.3) is 0 Å². The van der Waals surface area contributed by atoms with E-state index in [0.717, 1.165) is 11.3 Å². The van der Waals surface area contributed by atoms with Gasteiger partial charge in [0.2, 0.25) is 5.91 Å². The summed E-state index contributed by atoms with van der Waals surface area (Å²) in [5.74, 6) is -0.189. The first kappa shape index (κ1) is 15.4. The molecule has 2 rings (SSSR count). The quantitative estimate of drug-likeness (QED) is 0.829. The molecule has 21 heavy (non-hydrogen) atoms. The van der Waals surface area contributed by atoms with E-state index >= 15 is 0 Å². The van der Waals surface area contributed by atoms with Crippen LogP contribution in [-0.2, 0) is 11.2 Å². The number of Topliss-reactive ketones (excluding diaryl/α,β-unsaturated/α-hetero) is 1. The molecule has 4 nitrogen and oxygen atoms in total. The molecule has 1 aromatic carbocycles. The number of ketones is 1. The summed E-state index contributed by atoms with van der Waals surface area (Å²) in [6.45, 7) is 4.00. The van der Waals surface area contributed by atoms with E-state index in [2.05, 4.69) is 17.2 Å². The lowest BCUT2D eigenvalue weighted by atomic mass is 10.0. The van der Waals surface area contributed by atoms with Crippen molar-refractivity contribution in [2.45, 2.75) is 33.1 Å². The van der Waals surface area contributed by atoms with Crippen LogP contribution in [-0.4, -0.2) is 16.7 Å². The van der Waals surface area contributed by atoms with Crippen LogP contribution >= 0.6 is 11.3 Å². The Hall–Kier alpha value is -2.01. The molecule has 0 saturated carbocycles. The molecule has 0 fully saturated rings. The molecule has 1 heterocycles. The number of nitrogens with zero attached hydrogens (tertiary/aromatic N) is 1. The Morgan fingerprint density at radius 3 is 2.48 bits per heavy atom. The summed E-state index contributed by atoms with van der Waals surface area (Å²) >= 11 is 1.42. The van der Waals surface area contributed by atoms with Crippen LogP contribution in [0, 0.1) is 6.92 Å². The SMILES string of the molecule is CCc1ccc(C(=O)CCC(=O)Nc2ncc(C)s2)cc1. The molecule has 0 saturated heterocycles. The van der Waals surface area contributed by atoms with Gasteiger partial charge in [-0.2, -0.15) is 0 Å². The molecule has 2 aromatic rings. The molecule has 0 aliphatic rings. The summed E-state index contributed by atoms with van der Waals surface area (Å²) < 4.78 is 0. The van der Waals surface area contributed by atoms with Crippen molar-refractivity contribution < 1.29 is 9.59 Å². The number of nitrogens with one attached hydrogen (secondary N) is 1. The number of benzene rings is 1. The van der Waals surface area contributed by atoms with Crippen LogP contribution in [0.4, 0.5) is 5.13 Å². The highest BCUT2D eigenvalue weighted by Gasteiger charge is 2.10. The number of rotatable bonds is 6. The summed E-state index contributed by atoms with van der Waals surface area (Å²) in [5.41, 5.74) is 1.86. The van der Waals surface area contributed by atoms with E-state index in [1.165, 1.54) is 16.9 Å². The molecule has 0 atom stereocenters. The maximum absolute atomic E-state index is 12.0. The third-order valence-corrected chi connectivity index (χ3v) is 3.96. The summed E-state index contributed by atoms with van der Waals surface area (Å²) in [6, 6.07) is 7.55. The lowest BCUT2D eigenvalue weighted by molar-refractivity contribution is -0.116. The fraction of sp³-hybridized carbons (Fsp3) is 0.312. The molecule has 0 unspecified atom stereocenters. The maximum Gasteiger partial charge on any atom is 0.226 e. The van der Waals surface area contributed by atoms with Gasteiger partial charge >= 0.3 is 0 Å². The first-order valence-electron chi connectivity index (χ1n) is 6.93. The average molecular weight is 302 g/mol. The largest absolute Gasteiger partial charge is 0.302 e. The highest BCUT2D eigenvalue weighted by atomic mass is 32.1. The molecule has 0 aliphatic heterocycles. The van der Waals surface area contributed by atoms with Crippen LogP contribution in [0.15, 0.2) is 30.5 Å². The second-order valence-electron chi connectivity index (χ2n) is 4.80. The smallest absolute Gasteiger partial charge is 0.226 e. The van der Waals surface area contributed by atoms with Crippen molar-refractivity contribution in [3.8, 4) is 0 Å². The Balaban J connectivity index is 1.83. The van der Waals surface area contributed by atoms with Crippen LogP contribution in [0.5, 0.6) is 0 Å². The normalized spacial score (nSPS) is 10.4. The first-order valence-corrected chi connectivity index (χ1v) is 7.74. The van der Waals surface area contributed by atoms with Crippen LogP contribution in [0.2, 0.25) is 0 Å². The number of thiazole rings is 1. The molecule has 1 aromatic heterocycles. The number of anilines is 1. The Morgan fingerprint density at radius 2 is 1.90 bits per heavy atom. The predicted molar refractivity (Wildman–Crippen MR) is 84.9 cm³/mol. The van der Waals surface area contributed by atoms with Gasteiger partial charge < -0.3 is 5.32 Å². The third-order valence-electron chi connectivity index (χ3n) is 3.13. The highest BCUT2D eigenvalue weighted by molar-refractivity contribution is 7.15. The van der Waals surface area contributed by atoms with E-state index in [4.69, 9.17) is 0 Å². The fourth-order valence-electron chi connectivity index (χ4n) is 1.89. The van der Waals surface area contributed by atoms with Crippen molar-refractivity contribution in [3.63, 3.8) is 0 Å². The summed E-state index contributed by atoms with van der Waals surface area (Å²) in [6.07, 6.45) is 3.04. The first-order chi connectivity index (χ1) is 10.1. The Bertz CT molecular complexity index is 632. The Labute approximate surface area is 128 Å². The molecule has 1 N–H and O–H groups in total. The van der Waals surface area contributed by atoms with E-state index in [0.29, 0.717) is 10.7 Å². The van der Waals surface area contributed by atoms with Crippen molar-refractivity contribution in [2.75, 3.05) is 5.32 Å². The minimum Gasteiger partial charge on any atom is -0.302 e. The Kier molecular flexibility index (Phi) is 5.22. The number of carbonyl (C=O) groups is 2. The van der Waals surface area contributed by atoms with Crippen LogP contribution in [0.25, 0.3) is 0 Å². The molecular weight excluding hydrogens is 284 g/mol. The number of hydrogen-bond acceptors (Lipinski definition) is 4. The molecule has 0 radical (unpaired) electrons. The minimum absolute atomic E-state index is 0.0110. The molecule has 0 aliphatic carbocycles. The minimum atomic E-state index is -0.178. The molecule has 1 amide bonds. The molecule has 110 valence electrons. The highest BCUT2D eigenvalue weighted by Crippen LogP contribution is 2.17. The van der Waals surface area contributed by atoms with Crippen molar-refractivity contribution in [2.24, 2.45) is 0 Å². The standard InChI is InChI=1S/C16H18N2O2S/c1-3-12-4-6-13(7-5-12)14(19)8-9-15(20)18-16-17-10-11(2)21-16/h4-7,10H,3,8-9H2,1-2H3,(H,17,18,20). The molecule has 5 heteroatoms. The summed E-state index contributed by atoms with van der Waals surface area (Å²) in [5, 5.41) is 3.28. The van der Waals surface area contributed by atoms with Crippen molar-refractivity contribution in [1.82, 2.24) is 4.98 Å². The summed E-state index contributed by atoms with van der Waals surface area (Å²) in [4.78, 5) is 28.9. The van der Waals surface area contributed by atoms with E-state index in [1.54, 1.807) is 6.20 Å². The van der Waals surface area contributed by atoms with Gasteiger partial charge in [-0.05, 0) is 18.9 Å². The fourth-order valence-corrected chi connectivity index (χ4v) is 2.57. The monoisotopic (exact) mass is 302 g/mol. The van der Waals surface area contributed by atoms with Crippen LogP contribution in [0.1, 0.15) is 40.6 Å². The Morgan fingerprint density at radius 1 is 1.19 bits per heavy atom. The van der Waals surface area contributed by atoms with Gasteiger partial charge in [0.1, 0.15) is 0 Å². The van der Waals surface area contributed by atoms with Crippen molar-refractivity contribution in [1.29, 1.82) is 0 Å². The van der Waals surface area contributed by atoms with E-state index in [1.807, 2.05) is 31.2 Å². The second kappa shape index (κ2) is 7.13. The van der Waals surface area contributed by atoms with Gasteiger partial charge in [-0.3, -0.25) is 9.59 Å². The van der Waals surface area contributed by atoms with E-state index < -0.39 is 0 Å². The van der Waals surface area contributed by atoms with Crippen LogP contribution in [0.3, 0.4) is 0 Å². The lowest BCUT2D eigenvalue weighted by Gasteiger charge is -2.03. The van der Waals surface area contributed by atoms with E-state index in [9.17, 15) is 9.59 Å². The number of aromatic nitrogens is 1. The zero-order valence-electron chi connectivity index (χ0n) is 12.2. The average Bonchev–Trinajstić information content (AvgIpc) is 2.90. The summed E-state index contributed by atoms with van der Waals surface area (Å²) in [7, 11) is 0. The van der Waals surface area contributed by atoms with Gasteiger partial charge in [0.05, 0.1) is 0 Å². The van der Waals surface area contributed by atoms with Gasteiger partial charge in [-0.25, -0.2) is 4.98 Å². The number of amides is 1. The number of hydrogen-bond donors (Lipinski definition) is 1. The topological polar surface area (TPSA) is 59.1 Å². The van der Waals surface area contributed by atoms with Gasteiger partial charge in [0.15, 0.2) is 10.9 Å². The number of aryl methyl sites for hydroxylation is 2. The third kappa shape index (κ3) is 4.49. The van der Waals surface area contributed by atoms with Crippen molar-refractivity contribution >= 4 is 28.2 Å². The van der Waals surface area contributed by atoms with Gasteiger partial charge in [0, 0.05) is 29.5 Å². The molecule has 0 spiro atoms. The van der Waals surface area contributed by atoms with Gasteiger partial charge in [-0.15, -0.1) is 11.3 Å².